The first kappa shape index (κ1) is 22.0. The number of likely N-dealkylation sites (tertiary alicyclic amines) is 1. The topological polar surface area (TPSA) is 104 Å². The van der Waals surface area contributed by atoms with Gasteiger partial charge in [0, 0.05) is 46.0 Å². The van der Waals surface area contributed by atoms with Crippen LogP contribution in [0.1, 0.15) is 24.0 Å². The van der Waals surface area contributed by atoms with Crippen LogP contribution in [0.3, 0.4) is 0 Å². The second kappa shape index (κ2) is 7.90. The van der Waals surface area contributed by atoms with Gasteiger partial charge in [-0.15, -0.1) is 0 Å². The van der Waals surface area contributed by atoms with Crippen LogP contribution >= 0.6 is 11.6 Å². The molecular formula is C27H25ClN4O4. The Bertz CT molecular complexity index is 1430. The lowest BCUT2D eigenvalue weighted by Gasteiger charge is -2.30. The van der Waals surface area contributed by atoms with E-state index in [0.29, 0.717) is 29.3 Å². The highest BCUT2D eigenvalue weighted by molar-refractivity contribution is 6.31. The van der Waals surface area contributed by atoms with Crippen molar-refractivity contribution < 1.29 is 19.1 Å². The van der Waals surface area contributed by atoms with Crippen LogP contribution in [0.25, 0.3) is 10.9 Å². The molecule has 36 heavy (non-hydrogen) atoms. The standard InChI is InChI=1S/C27H25ClN4O4/c28-15-7-8-20-18(11-15)27(26(35)30-20)23-22(24(33)32(25(23)34)13-16-4-3-9-36-16)21(31-27)10-14-12-29-19-6-2-1-5-17(14)19/h1-2,5-8,11-12,16,21-23,29,31H,3-4,9-10,13H2,(H,30,35). The largest absolute Gasteiger partial charge is 0.376 e. The zero-order valence-corrected chi connectivity index (χ0v) is 20.2. The van der Waals surface area contributed by atoms with Crippen LogP contribution in [0.2, 0.25) is 5.02 Å². The molecule has 0 radical (unpaired) electrons. The summed E-state index contributed by atoms with van der Waals surface area (Å²) in [7, 11) is 0. The summed E-state index contributed by atoms with van der Waals surface area (Å²) >= 11 is 6.35. The van der Waals surface area contributed by atoms with Crippen LogP contribution < -0.4 is 10.6 Å². The number of fused-ring (bicyclic) bond motifs is 5. The maximum absolute atomic E-state index is 13.9. The minimum atomic E-state index is -1.36. The van der Waals surface area contributed by atoms with E-state index in [1.807, 2.05) is 30.5 Å². The lowest BCUT2D eigenvalue weighted by molar-refractivity contribution is -0.144. The Morgan fingerprint density at radius 2 is 1.97 bits per heavy atom. The molecule has 2 aromatic carbocycles. The van der Waals surface area contributed by atoms with E-state index < -0.39 is 23.4 Å². The predicted octanol–water partition coefficient (Wildman–Crippen LogP) is 2.96. The van der Waals surface area contributed by atoms with Gasteiger partial charge in [-0.25, -0.2) is 0 Å². The van der Waals surface area contributed by atoms with Gasteiger partial charge >= 0.3 is 0 Å². The summed E-state index contributed by atoms with van der Waals surface area (Å²) < 4.78 is 5.74. The van der Waals surface area contributed by atoms with E-state index in [9.17, 15) is 14.4 Å². The molecule has 3 N–H and O–H groups in total. The number of halogens is 1. The number of para-hydroxylation sites is 1. The number of carbonyl (C=O) groups excluding carboxylic acids is 3. The molecule has 5 heterocycles. The number of carbonyl (C=O) groups is 3. The number of rotatable bonds is 4. The van der Waals surface area contributed by atoms with Crippen LogP contribution in [-0.2, 0) is 31.1 Å². The Labute approximate surface area is 212 Å². The molecule has 8 nitrogen and oxygen atoms in total. The van der Waals surface area contributed by atoms with Crippen molar-refractivity contribution >= 4 is 45.9 Å². The molecule has 0 aliphatic carbocycles. The van der Waals surface area contributed by atoms with Gasteiger partial charge in [-0.1, -0.05) is 29.8 Å². The molecule has 1 aromatic heterocycles. The van der Waals surface area contributed by atoms with E-state index in [1.54, 1.807) is 18.2 Å². The Hall–Kier alpha value is -3.20. The molecular weight excluding hydrogens is 480 g/mol. The fourth-order valence-electron chi connectivity index (χ4n) is 6.72. The number of anilines is 1. The fourth-order valence-corrected chi connectivity index (χ4v) is 6.89. The Morgan fingerprint density at radius 3 is 2.81 bits per heavy atom. The minimum absolute atomic E-state index is 0.160. The van der Waals surface area contributed by atoms with Gasteiger partial charge in [-0.3, -0.25) is 24.6 Å². The second-order valence-electron chi connectivity index (χ2n) is 10.2. The number of benzene rings is 2. The SMILES string of the molecule is O=C1C2C(Cc3c[nH]c4ccccc34)NC3(C(=O)Nc4ccc(Cl)cc43)C2C(=O)N1CC1CCCO1. The van der Waals surface area contributed by atoms with Crippen molar-refractivity contribution in [3.05, 3.63) is 64.8 Å². The van der Waals surface area contributed by atoms with Gasteiger partial charge < -0.3 is 15.0 Å². The monoisotopic (exact) mass is 504 g/mol. The summed E-state index contributed by atoms with van der Waals surface area (Å²) in [6.45, 7) is 0.862. The van der Waals surface area contributed by atoms with Crippen molar-refractivity contribution in [3.63, 3.8) is 0 Å². The molecule has 5 atom stereocenters. The number of amides is 3. The number of imide groups is 1. The fraction of sp³-hybridized carbons (Fsp3) is 0.370. The summed E-state index contributed by atoms with van der Waals surface area (Å²) in [6.07, 6.45) is 4.00. The highest BCUT2D eigenvalue weighted by atomic mass is 35.5. The van der Waals surface area contributed by atoms with Gasteiger partial charge in [0.25, 0.3) is 0 Å². The molecule has 4 aliphatic rings. The normalized spacial score (nSPS) is 31.0. The summed E-state index contributed by atoms with van der Waals surface area (Å²) in [4.78, 5) is 46.1. The summed E-state index contributed by atoms with van der Waals surface area (Å²) in [5.74, 6) is -2.42. The minimum Gasteiger partial charge on any atom is -0.376 e. The summed E-state index contributed by atoms with van der Waals surface area (Å²) in [5, 5.41) is 7.95. The molecule has 1 spiro atoms. The van der Waals surface area contributed by atoms with Crippen LogP contribution in [0.5, 0.6) is 0 Å². The van der Waals surface area contributed by atoms with Crippen LogP contribution in [-0.4, -0.2) is 52.9 Å². The molecule has 184 valence electrons. The highest BCUT2D eigenvalue weighted by Crippen LogP contribution is 2.54. The van der Waals surface area contributed by atoms with Gasteiger partial charge in [-0.2, -0.15) is 0 Å². The van der Waals surface area contributed by atoms with E-state index in [1.165, 1.54) is 4.90 Å². The molecule has 0 saturated carbocycles. The Morgan fingerprint density at radius 1 is 1.11 bits per heavy atom. The van der Waals surface area contributed by atoms with Gasteiger partial charge in [0.05, 0.1) is 24.5 Å². The zero-order valence-electron chi connectivity index (χ0n) is 19.4. The van der Waals surface area contributed by atoms with Crippen LogP contribution in [0.15, 0.2) is 48.7 Å². The summed E-state index contributed by atoms with van der Waals surface area (Å²) in [6, 6.07) is 12.7. The second-order valence-corrected chi connectivity index (χ2v) is 10.6. The first-order valence-corrected chi connectivity index (χ1v) is 12.8. The first-order valence-electron chi connectivity index (χ1n) is 12.4. The predicted molar refractivity (Wildman–Crippen MR) is 133 cm³/mol. The number of ether oxygens (including phenoxy) is 1. The lowest BCUT2D eigenvalue weighted by Crippen LogP contribution is -2.54. The third-order valence-electron chi connectivity index (χ3n) is 8.29. The maximum Gasteiger partial charge on any atom is 0.250 e. The molecule has 3 saturated heterocycles. The van der Waals surface area contributed by atoms with Crippen molar-refractivity contribution in [2.24, 2.45) is 11.8 Å². The molecule has 0 bridgehead atoms. The Balaban J connectivity index is 1.33. The molecule has 9 heteroatoms. The van der Waals surface area contributed by atoms with Gasteiger partial charge in [0.1, 0.15) is 5.54 Å². The van der Waals surface area contributed by atoms with Crippen molar-refractivity contribution in [1.82, 2.24) is 15.2 Å². The van der Waals surface area contributed by atoms with Crippen molar-refractivity contribution in [2.45, 2.75) is 36.9 Å². The zero-order chi connectivity index (χ0) is 24.6. The van der Waals surface area contributed by atoms with E-state index in [2.05, 4.69) is 15.6 Å². The number of hydrogen-bond acceptors (Lipinski definition) is 5. The van der Waals surface area contributed by atoms with E-state index in [-0.39, 0.29) is 30.4 Å². The molecule has 3 amide bonds. The van der Waals surface area contributed by atoms with Gasteiger partial charge in [0.15, 0.2) is 0 Å². The molecule has 4 aliphatic heterocycles. The number of aromatic amines is 1. The molecule has 5 unspecified atom stereocenters. The lowest BCUT2D eigenvalue weighted by atomic mass is 9.76. The van der Waals surface area contributed by atoms with E-state index >= 15 is 0 Å². The average molecular weight is 505 g/mol. The van der Waals surface area contributed by atoms with Gasteiger partial charge in [-0.05, 0) is 49.1 Å². The first-order chi connectivity index (χ1) is 17.5. The average Bonchev–Trinajstić information content (AvgIpc) is 3.67. The number of hydrogen-bond donors (Lipinski definition) is 3. The van der Waals surface area contributed by atoms with Crippen molar-refractivity contribution in [2.75, 3.05) is 18.5 Å². The third kappa shape index (κ3) is 2.98. The number of H-pyrrole nitrogens is 1. The van der Waals surface area contributed by atoms with Crippen LogP contribution in [0, 0.1) is 11.8 Å². The number of aromatic nitrogens is 1. The number of nitrogens with one attached hydrogen (secondary N) is 3. The maximum atomic E-state index is 13.9. The highest BCUT2D eigenvalue weighted by Gasteiger charge is 2.70. The Kier molecular flexibility index (Phi) is 4.83. The quantitative estimate of drug-likeness (QED) is 0.474. The third-order valence-corrected chi connectivity index (χ3v) is 8.53. The van der Waals surface area contributed by atoms with E-state index in [4.69, 9.17) is 16.3 Å². The molecule has 3 aromatic rings. The molecule has 7 rings (SSSR count). The van der Waals surface area contributed by atoms with Crippen LogP contribution in [0.4, 0.5) is 5.69 Å². The van der Waals surface area contributed by atoms with Gasteiger partial charge in [0.2, 0.25) is 17.7 Å². The van der Waals surface area contributed by atoms with Crippen molar-refractivity contribution in [1.29, 1.82) is 0 Å². The number of nitrogens with zero attached hydrogens (tertiary/aromatic N) is 1. The smallest absolute Gasteiger partial charge is 0.250 e. The summed E-state index contributed by atoms with van der Waals surface area (Å²) in [5.41, 5.74) is 1.90. The van der Waals surface area contributed by atoms with E-state index in [0.717, 1.165) is 29.3 Å². The van der Waals surface area contributed by atoms with Crippen molar-refractivity contribution in [3.8, 4) is 0 Å². The molecule has 3 fully saturated rings.